The van der Waals surface area contributed by atoms with Crippen molar-refractivity contribution in [3.63, 3.8) is 0 Å². The first-order chi connectivity index (χ1) is 12.5. The van der Waals surface area contributed by atoms with E-state index < -0.39 is 10.0 Å². The molecule has 1 unspecified atom stereocenters. The summed E-state index contributed by atoms with van der Waals surface area (Å²) >= 11 is 1.17. The summed E-state index contributed by atoms with van der Waals surface area (Å²) in [6.45, 7) is 1.02. The van der Waals surface area contributed by atoms with Crippen LogP contribution < -0.4 is 5.56 Å². The molecule has 0 spiro atoms. The fourth-order valence-electron chi connectivity index (χ4n) is 3.15. The van der Waals surface area contributed by atoms with Gasteiger partial charge in [0.2, 0.25) is 0 Å². The number of sulfonamides is 1. The predicted octanol–water partition coefficient (Wildman–Crippen LogP) is 2.68. The number of hydrogen-bond acceptors (Lipinski definition) is 5. The highest BCUT2D eigenvalue weighted by Gasteiger charge is 2.34. The molecule has 8 heteroatoms. The van der Waals surface area contributed by atoms with Gasteiger partial charge in [0, 0.05) is 19.2 Å². The zero-order valence-electron chi connectivity index (χ0n) is 13.8. The molecule has 0 saturated carbocycles. The van der Waals surface area contributed by atoms with Gasteiger partial charge in [0.25, 0.3) is 15.6 Å². The van der Waals surface area contributed by atoms with Gasteiger partial charge in [-0.2, -0.15) is 9.40 Å². The van der Waals surface area contributed by atoms with Crippen LogP contribution in [0.2, 0.25) is 0 Å². The number of aromatic nitrogens is 2. The molecule has 6 nitrogen and oxygen atoms in total. The molecular weight excluding hydrogens is 370 g/mol. The Balaban J connectivity index is 1.56. The molecule has 0 radical (unpaired) electrons. The predicted molar refractivity (Wildman–Crippen MR) is 101 cm³/mol. The van der Waals surface area contributed by atoms with Gasteiger partial charge in [-0.1, -0.05) is 30.3 Å². The summed E-state index contributed by atoms with van der Waals surface area (Å²) in [6.07, 6.45) is 0.822. The second kappa shape index (κ2) is 6.79. The lowest BCUT2D eigenvalue weighted by Crippen LogP contribution is -2.28. The quantitative estimate of drug-likeness (QED) is 0.746. The maximum absolute atomic E-state index is 13.0. The van der Waals surface area contributed by atoms with Crippen LogP contribution in [0.1, 0.15) is 17.9 Å². The Kier molecular flexibility index (Phi) is 4.47. The molecule has 1 aliphatic rings. The van der Waals surface area contributed by atoms with Gasteiger partial charge < -0.3 is 0 Å². The van der Waals surface area contributed by atoms with Gasteiger partial charge in [0.15, 0.2) is 0 Å². The molecule has 3 aromatic rings. The van der Waals surface area contributed by atoms with Crippen molar-refractivity contribution in [3.8, 4) is 10.6 Å². The van der Waals surface area contributed by atoms with Crippen molar-refractivity contribution in [1.82, 2.24) is 14.5 Å². The highest BCUT2D eigenvalue weighted by Crippen LogP contribution is 2.35. The normalized spacial score (nSPS) is 18.2. The van der Waals surface area contributed by atoms with E-state index in [0.717, 1.165) is 6.42 Å². The van der Waals surface area contributed by atoms with Gasteiger partial charge in [-0.3, -0.25) is 4.79 Å². The minimum atomic E-state index is -3.52. The second-order valence-corrected chi connectivity index (χ2v) is 9.43. The van der Waals surface area contributed by atoms with Crippen LogP contribution in [-0.4, -0.2) is 36.0 Å². The summed E-state index contributed by atoms with van der Waals surface area (Å²) < 4.78 is 27.8. The van der Waals surface area contributed by atoms with E-state index in [1.54, 1.807) is 22.5 Å². The number of benzene rings is 1. The number of thiophene rings is 1. The topological polar surface area (TPSA) is 83.1 Å². The zero-order chi connectivity index (χ0) is 18.1. The van der Waals surface area contributed by atoms with Gasteiger partial charge >= 0.3 is 0 Å². The monoisotopic (exact) mass is 387 g/mol. The van der Waals surface area contributed by atoms with Crippen molar-refractivity contribution >= 4 is 21.4 Å². The van der Waals surface area contributed by atoms with Crippen molar-refractivity contribution in [2.45, 2.75) is 16.5 Å². The van der Waals surface area contributed by atoms with Crippen LogP contribution in [0.15, 0.2) is 63.6 Å². The molecule has 0 amide bonds. The summed E-state index contributed by atoms with van der Waals surface area (Å²) in [6, 6.07) is 16.3. The maximum atomic E-state index is 13.0. The lowest BCUT2D eigenvalue weighted by atomic mass is 9.99. The molecule has 26 heavy (non-hydrogen) atoms. The van der Waals surface area contributed by atoms with Gasteiger partial charge in [0.1, 0.15) is 9.90 Å². The average molecular weight is 387 g/mol. The Morgan fingerprint density at radius 1 is 1.08 bits per heavy atom. The van der Waals surface area contributed by atoms with Gasteiger partial charge in [0.05, 0.1) is 4.88 Å². The van der Waals surface area contributed by atoms with Crippen LogP contribution in [-0.2, 0) is 10.0 Å². The number of H-pyrrole nitrogens is 1. The third-order valence-electron chi connectivity index (χ3n) is 4.53. The Labute approximate surface area is 155 Å². The van der Waals surface area contributed by atoms with Crippen LogP contribution in [0, 0.1) is 0 Å². The fraction of sp³-hybridized carbons (Fsp3) is 0.222. The molecule has 2 aromatic heterocycles. The minimum absolute atomic E-state index is 0.228. The molecular formula is C18H17N3O3S2. The standard InChI is InChI=1S/C18H17N3O3S2/c22-17-8-6-15(19-20-17)16-7-9-18(25-16)26(23,24)21-11-10-14(12-21)13-4-2-1-3-5-13/h1-9,14H,10-12H2,(H,20,22). The average Bonchev–Trinajstić information content (AvgIpc) is 3.34. The summed E-state index contributed by atoms with van der Waals surface area (Å²) in [5.41, 5.74) is 1.44. The highest BCUT2D eigenvalue weighted by atomic mass is 32.2. The molecule has 1 atom stereocenters. The number of nitrogens with one attached hydrogen (secondary N) is 1. The maximum Gasteiger partial charge on any atom is 0.264 e. The molecule has 4 rings (SSSR count). The van der Waals surface area contributed by atoms with Crippen LogP contribution in [0.25, 0.3) is 10.6 Å². The highest BCUT2D eigenvalue weighted by molar-refractivity contribution is 7.91. The van der Waals surface area contributed by atoms with Crippen LogP contribution in [0.4, 0.5) is 0 Å². The number of hydrogen-bond donors (Lipinski definition) is 1. The molecule has 1 aromatic carbocycles. The third-order valence-corrected chi connectivity index (χ3v) is 7.97. The first-order valence-corrected chi connectivity index (χ1v) is 10.5. The molecule has 0 bridgehead atoms. The number of rotatable bonds is 4. The minimum Gasteiger partial charge on any atom is -0.268 e. The molecule has 134 valence electrons. The first-order valence-electron chi connectivity index (χ1n) is 8.25. The van der Waals surface area contributed by atoms with E-state index in [2.05, 4.69) is 10.2 Å². The molecule has 3 heterocycles. The Morgan fingerprint density at radius 3 is 2.62 bits per heavy atom. The van der Waals surface area contributed by atoms with Gasteiger partial charge in [-0.15, -0.1) is 11.3 Å². The van der Waals surface area contributed by atoms with Crippen LogP contribution in [0.3, 0.4) is 0 Å². The summed E-state index contributed by atoms with van der Waals surface area (Å²) in [5, 5.41) is 6.32. The molecule has 1 aliphatic heterocycles. The SMILES string of the molecule is O=c1ccc(-c2ccc(S(=O)(=O)N3CCC(c4ccccc4)C3)s2)n[nH]1. The Hall–Kier alpha value is -2.29. The van der Waals surface area contributed by atoms with Crippen molar-refractivity contribution in [3.05, 3.63) is 70.5 Å². The largest absolute Gasteiger partial charge is 0.268 e. The van der Waals surface area contributed by atoms with Crippen LogP contribution >= 0.6 is 11.3 Å². The molecule has 1 N–H and O–H groups in total. The second-order valence-electron chi connectivity index (χ2n) is 6.18. The van der Waals surface area contributed by atoms with Crippen LogP contribution in [0.5, 0.6) is 0 Å². The lowest BCUT2D eigenvalue weighted by Gasteiger charge is -2.15. The van der Waals surface area contributed by atoms with Gasteiger partial charge in [-0.05, 0) is 36.1 Å². The molecule has 1 fully saturated rings. The van der Waals surface area contributed by atoms with E-state index in [9.17, 15) is 13.2 Å². The first kappa shape index (κ1) is 17.1. The van der Waals surface area contributed by atoms with Gasteiger partial charge in [-0.25, -0.2) is 13.5 Å². The lowest BCUT2D eigenvalue weighted by molar-refractivity contribution is 0.474. The van der Waals surface area contributed by atoms with E-state index in [4.69, 9.17) is 0 Å². The molecule has 0 aliphatic carbocycles. The van der Waals surface area contributed by atoms with Crippen molar-refractivity contribution < 1.29 is 8.42 Å². The van der Waals surface area contributed by atoms with E-state index in [1.165, 1.54) is 23.0 Å². The smallest absolute Gasteiger partial charge is 0.264 e. The summed E-state index contributed by atoms with van der Waals surface area (Å²) in [5.74, 6) is 0.228. The Bertz CT molecular complexity index is 1050. The van der Waals surface area contributed by atoms with Crippen molar-refractivity contribution in [2.75, 3.05) is 13.1 Å². The summed E-state index contributed by atoms with van der Waals surface area (Å²) in [7, 11) is -3.52. The van der Waals surface area contributed by atoms with Crippen molar-refractivity contribution in [2.24, 2.45) is 0 Å². The van der Waals surface area contributed by atoms with E-state index in [-0.39, 0.29) is 11.5 Å². The summed E-state index contributed by atoms with van der Waals surface area (Å²) in [4.78, 5) is 11.8. The van der Waals surface area contributed by atoms with E-state index in [1.807, 2.05) is 30.3 Å². The third kappa shape index (κ3) is 3.23. The van der Waals surface area contributed by atoms with E-state index >= 15 is 0 Å². The fourth-order valence-corrected chi connectivity index (χ4v) is 6.08. The molecule has 1 saturated heterocycles. The van der Waals surface area contributed by atoms with E-state index in [0.29, 0.717) is 27.9 Å². The number of aromatic amines is 1. The Morgan fingerprint density at radius 2 is 1.88 bits per heavy atom. The van der Waals surface area contributed by atoms with Crippen molar-refractivity contribution in [1.29, 1.82) is 0 Å². The zero-order valence-corrected chi connectivity index (χ0v) is 15.5. The number of nitrogens with zero attached hydrogens (tertiary/aromatic N) is 2.